The number of aliphatic hydroxyl groups is 1. The summed E-state index contributed by atoms with van der Waals surface area (Å²) in [6, 6.07) is 5.96. The summed E-state index contributed by atoms with van der Waals surface area (Å²) in [6.45, 7) is 10.8. The summed E-state index contributed by atoms with van der Waals surface area (Å²) in [5, 5.41) is 10.8. The van der Waals surface area contributed by atoms with Gasteiger partial charge in [-0.25, -0.2) is 0 Å². The molecule has 1 atom stereocenters. The van der Waals surface area contributed by atoms with Crippen LogP contribution in [-0.2, 0) is 5.41 Å². The van der Waals surface area contributed by atoms with Crippen molar-refractivity contribution in [3.63, 3.8) is 0 Å². The highest BCUT2D eigenvalue weighted by Crippen LogP contribution is 2.41. The summed E-state index contributed by atoms with van der Waals surface area (Å²) < 4.78 is 11.3. The Morgan fingerprint density at radius 1 is 1.14 bits per heavy atom. The molecule has 3 heteroatoms. The van der Waals surface area contributed by atoms with Gasteiger partial charge in [-0.2, -0.15) is 0 Å². The molecule has 0 radical (unpaired) electrons. The lowest BCUT2D eigenvalue weighted by Gasteiger charge is -2.18. The van der Waals surface area contributed by atoms with E-state index in [1.165, 1.54) is 0 Å². The second kappa shape index (κ2) is 4.63. The molecule has 0 saturated carbocycles. The fraction of sp³-hybridized carbons (Fsp3) is 0.444. The Kier molecular flexibility index (Phi) is 3.14. The van der Waals surface area contributed by atoms with Crippen LogP contribution in [0.4, 0.5) is 0 Å². The average Bonchev–Trinajstić information content (AvgIpc) is 2.86. The maximum atomic E-state index is 10.8. The lowest BCUT2D eigenvalue weighted by atomic mass is 9.85. The van der Waals surface area contributed by atoms with Gasteiger partial charge in [-0.15, -0.1) is 0 Å². The summed E-state index contributed by atoms with van der Waals surface area (Å²) in [4.78, 5) is 0. The van der Waals surface area contributed by atoms with Crippen molar-refractivity contribution in [1.82, 2.24) is 0 Å². The molecule has 1 aromatic carbocycles. The van der Waals surface area contributed by atoms with Gasteiger partial charge in [-0.1, -0.05) is 19.9 Å². The number of aryl methyl sites for hydroxylation is 2. The zero-order valence-electron chi connectivity index (χ0n) is 13.3. The first-order valence-corrected chi connectivity index (χ1v) is 7.33. The zero-order valence-corrected chi connectivity index (χ0v) is 13.3. The van der Waals surface area contributed by atoms with Crippen molar-refractivity contribution in [3.05, 3.63) is 52.0 Å². The van der Waals surface area contributed by atoms with Gasteiger partial charge in [-0.05, 0) is 44.0 Å². The highest BCUT2D eigenvalue weighted by atomic mass is 16.5. The fourth-order valence-corrected chi connectivity index (χ4v) is 3.09. The lowest BCUT2D eigenvalue weighted by Crippen LogP contribution is -2.18. The van der Waals surface area contributed by atoms with Gasteiger partial charge >= 0.3 is 0 Å². The maximum Gasteiger partial charge on any atom is 0.123 e. The molecule has 3 nitrogen and oxygen atoms in total. The van der Waals surface area contributed by atoms with Crippen LogP contribution in [0, 0.1) is 20.8 Å². The van der Waals surface area contributed by atoms with Crippen LogP contribution in [0.5, 0.6) is 5.75 Å². The maximum absolute atomic E-state index is 10.8. The molecule has 1 aliphatic heterocycles. The van der Waals surface area contributed by atoms with E-state index < -0.39 is 6.10 Å². The van der Waals surface area contributed by atoms with Crippen LogP contribution in [-0.4, -0.2) is 11.7 Å². The topological polar surface area (TPSA) is 42.6 Å². The number of aliphatic hydroxyl groups excluding tert-OH is 1. The van der Waals surface area contributed by atoms with Crippen molar-refractivity contribution in [1.29, 1.82) is 0 Å². The van der Waals surface area contributed by atoms with Crippen molar-refractivity contribution < 1.29 is 14.3 Å². The molecule has 21 heavy (non-hydrogen) atoms. The molecule has 0 aliphatic carbocycles. The summed E-state index contributed by atoms with van der Waals surface area (Å²) in [7, 11) is 0. The Hall–Kier alpha value is -1.74. The highest BCUT2D eigenvalue weighted by molar-refractivity contribution is 5.48. The van der Waals surface area contributed by atoms with Crippen LogP contribution < -0.4 is 4.74 Å². The van der Waals surface area contributed by atoms with E-state index in [-0.39, 0.29) is 5.41 Å². The van der Waals surface area contributed by atoms with E-state index in [1.807, 2.05) is 32.9 Å². The van der Waals surface area contributed by atoms with Gasteiger partial charge in [0, 0.05) is 16.5 Å². The minimum atomic E-state index is -0.663. The van der Waals surface area contributed by atoms with Crippen molar-refractivity contribution >= 4 is 0 Å². The minimum Gasteiger partial charge on any atom is -0.492 e. The third kappa shape index (κ3) is 2.16. The molecular weight excluding hydrogens is 264 g/mol. The van der Waals surface area contributed by atoms with Gasteiger partial charge in [0.2, 0.25) is 0 Å². The van der Waals surface area contributed by atoms with Crippen LogP contribution in [0.1, 0.15) is 53.7 Å². The Morgan fingerprint density at radius 2 is 1.86 bits per heavy atom. The Labute approximate surface area is 125 Å². The van der Waals surface area contributed by atoms with E-state index in [4.69, 9.17) is 9.15 Å². The molecule has 0 fully saturated rings. The molecule has 0 bridgehead atoms. The van der Waals surface area contributed by atoms with Gasteiger partial charge in [0.25, 0.3) is 0 Å². The monoisotopic (exact) mass is 286 g/mol. The first-order chi connectivity index (χ1) is 9.81. The van der Waals surface area contributed by atoms with Gasteiger partial charge in [0.15, 0.2) is 0 Å². The predicted octanol–water partition coefficient (Wildman–Crippen LogP) is 3.96. The summed E-state index contributed by atoms with van der Waals surface area (Å²) >= 11 is 0. The van der Waals surface area contributed by atoms with Crippen LogP contribution in [0.3, 0.4) is 0 Å². The van der Waals surface area contributed by atoms with Crippen LogP contribution in [0.15, 0.2) is 22.6 Å². The largest absolute Gasteiger partial charge is 0.492 e. The summed E-state index contributed by atoms with van der Waals surface area (Å²) in [5.74, 6) is 2.58. The molecule has 3 rings (SSSR count). The van der Waals surface area contributed by atoms with Gasteiger partial charge in [0.05, 0.1) is 6.61 Å². The number of rotatable bonds is 2. The second-order valence-corrected chi connectivity index (χ2v) is 6.58. The van der Waals surface area contributed by atoms with Crippen molar-refractivity contribution in [2.75, 3.05) is 6.61 Å². The molecule has 1 N–H and O–H groups in total. The SMILES string of the molecule is Cc1oc(C)c(C(O)c2ccc3c(c2)C(C)(C)CO3)c1C. The first kappa shape index (κ1) is 14.2. The smallest absolute Gasteiger partial charge is 0.123 e. The van der Waals surface area contributed by atoms with E-state index in [9.17, 15) is 5.11 Å². The number of fused-ring (bicyclic) bond motifs is 1. The van der Waals surface area contributed by atoms with Gasteiger partial charge in [-0.3, -0.25) is 0 Å². The first-order valence-electron chi connectivity index (χ1n) is 7.33. The number of ether oxygens (including phenoxy) is 1. The molecular formula is C18H22O3. The molecule has 0 amide bonds. The van der Waals surface area contributed by atoms with Crippen molar-refractivity contribution in [2.45, 2.75) is 46.1 Å². The fourth-order valence-electron chi connectivity index (χ4n) is 3.09. The highest BCUT2D eigenvalue weighted by Gasteiger charge is 2.33. The second-order valence-electron chi connectivity index (χ2n) is 6.58. The number of benzene rings is 1. The minimum absolute atomic E-state index is 0.0124. The molecule has 112 valence electrons. The quantitative estimate of drug-likeness (QED) is 0.908. The standard InChI is InChI=1S/C18H22O3/c1-10-11(2)21-12(3)16(10)17(19)13-6-7-15-14(8-13)18(4,5)9-20-15/h6-8,17,19H,9H2,1-5H3. The molecule has 1 aromatic heterocycles. The molecule has 2 heterocycles. The molecule has 0 saturated heterocycles. The Bertz CT molecular complexity index is 695. The normalized spacial score (nSPS) is 17.4. The summed E-state index contributed by atoms with van der Waals surface area (Å²) in [5.41, 5.74) is 3.94. The van der Waals surface area contributed by atoms with E-state index in [0.29, 0.717) is 6.61 Å². The summed E-state index contributed by atoms with van der Waals surface area (Å²) in [6.07, 6.45) is -0.663. The molecule has 1 unspecified atom stereocenters. The number of furan rings is 1. The molecule has 1 aliphatic rings. The number of hydrogen-bond acceptors (Lipinski definition) is 3. The molecule has 2 aromatic rings. The van der Waals surface area contributed by atoms with Gasteiger partial charge in [0.1, 0.15) is 23.4 Å². The van der Waals surface area contributed by atoms with Crippen LogP contribution in [0.2, 0.25) is 0 Å². The third-order valence-corrected chi connectivity index (χ3v) is 4.53. The van der Waals surface area contributed by atoms with E-state index in [2.05, 4.69) is 19.9 Å². The van der Waals surface area contributed by atoms with E-state index >= 15 is 0 Å². The predicted molar refractivity (Wildman–Crippen MR) is 81.9 cm³/mol. The van der Waals surface area contributed by atoms with Gasteiger partial charge < -0.3 is 14.3 Å². The van der Waals surface area contributed by atoms with Crippen molar-refractivity contribution in [3.8, 4) is 5.75 Å². The van der Waals surface area contributed by atoms with Crippen LogP contribution in [0.25, 0.3) is 0 Å². The number of hydrogen-bond donors (Lipinski definition) is 1. The van der Waals surface area contributed by atoms with E-state index in [1.54, 1.807) is 0 Å². The molecule has 0 spiro atoms. The third-order valence-electron chi connectivity index (χ3n) is 4.53. The average molecular weight is 286 g/mol. The van der Waals surface area contributed by atoms with E-state index in [0.717, 1.165) is 39.5 Å². The van der Waals surface area contributed by atoms with Crippen LogP contribution >= 0.6 is 0 Å². The van der Waals surface area contributed by atoms with Crippen molar-refractivity contribution in [2.24, 2.45) is 0 Å². The Balaban J connectivity index is 2.05. The Morgan fingerprint density at radius 3 is 2.48 bits per heavy atom. The zero-order chi connectivity index (χ0) is 15.4. The lowest BCUT2D eigenvalue weighted by molar-refractivity contribution is 0.217.